The number of hydrogen-bond donors (Lipinski definition) is 0. The van der Waals surface area contributed by atoms with Crippen molar-refractivity contribution in [1.29, 1.82) is 0 Å². The largest absolute Gasteiger partial charge is 0.126 e. The second kappa shape index (κ2) is 31.0. The molecule has 0 bridgehead atoms. The standard InChI is InChI=1S/C45H96P4/c1-10-16-22-28-34-40(7)43(46,37-31-25-19-13-4)49(44(47,38-32-26-20-14-5)41(8)35-29-23-17-11-2)45(48,39-33-27-21-15-6)42(9)36-30-24-18-12-3/h40-42H,10-39,46-48H2,1-9H3. The normalized spacial score (nSPS) is 18.4. The van der Waals surface area contributed by atoms with Crippen molar-refractivity contribution < 1.29 is 0 Å². The Morgan fingerprint density at radius 3 is 0.735 bits per heavy atom. The van der Waals surface area contributed by atoms with Gasteiger partial charge in [0.1, 0.15) is 0 Å². The summed E-state index contributed by atoms with van der Waals surface area (Å²) in [5, 5.41) is 0. The number of rotatable bonds is 36. The van der Waals surface area contributed by atoms with Gasteiger partial charge in [0, 0.05) is 14.7 Å². The first kappa shape index (κ1) is 50.7. The Kier molecular flexibility index (Phi) is 32.1. The first-order chi connectivity index (χ1) is 23.5. The third kappa shape index (κ3) is 19.2. The van der Waals surface area contributed by atoms with Crippen molar-refractivity contribution in [3.05, 3.63) is 0 Å². The van der Waals surface area contributed by atoms with Gasteiger partial charge in [-0.3, -0.25) is 0 Å². The molecule has 0 aliphatic rings. The fourth-order valence-corrected chi connectivity index (χ4v) is 20.7. The van der Waals surface area contributed by atoms with E-state index in [2.05, 4.69) is 90.0 Å². The van der Waals surface area contributed by atoms with Crippen LogP contribution in [0.15, 0.2) is 0 Å². The van der Waals surface area contributed by atoms with Crippen LogP contribution in [-0.4, -0.2) is 14.7 Å². The maximum absolute atomic E-state index is 3.83. The van der Waals surface area contributed by atoms with Crippen molar-refractivity contribution in [2.45, 2.75) is 270 Å². The Morgan fingerprint density at radius 2 is 0.531 bits per heavy atom. The Morgan fingerprint density at radius 1 is 0.327 bits per heavy atom. The average Bonchev–Trinajstić information content (AvgIpc) is 3.09. The van der Waals surface area contributed by atoms with Gasteiger partial charge in [-0.25, -0.2) is 0 Å². The van der Waals surface area contributed by atoms with E-state index in [0.717, 1.165) is 17.8 Å². The lowest BCUT2D eigenvalue weighted by Gasteiger charge is -2.62. The van der Waals surface area contributed by atoms with Gasteiger partial charge in [-0.2, -0.15) is 0 Å². The quantitative estimate of drug-likeness (QED) is 0.0441. The highest BCUT2D eigenvalue weighted by Crippen LogP contribution is 2.82. The molecule has 0 aliphatic heterocycles. The highest BCUT2D eigenvalue weighted by molar-refractivity contribution is 7.78. The summed E-state index contributed by atoms with van der Waals surface area (Å²) >= 11 is 0. The summed E-state index contributed by atoms with van der Waals surface area (Å²) < 4.78 is 0. The fraction of sp³-hybridized carbons (Fsp3) is 1.00. The molecule has 0 aliphatic carbocycles. The van der Waals surface area contributed by atoms with Gasteiger partial charge >= 0.3 is 0 Å². The molecule has 9 atom stereocenters. The summed E-state index contributed by atoms with van der Waals surface area (Å²) in [6.07, 6.45) is 42.0. The molecule has 49 heavy (non-hydrogen) atoms. The van der Waals surface area contributed by atoms with Gasteiger partial charge in [-0.1, -0.05) is 224 Å². The van der Waals surface area contributed by atoms with Crippen LogP contribution in [0.2, 0.25) is 0 Å². The molecule has 4 heteroatoms. The molecule has 0 nitrogen and oxygen atoms in total. The van der Waals surface area contributed by atoms with E-state index in [0.29, 0.717) is 14.7 Å². The van der Waals surface area contributed by atoms with E-state index in [1.54, 1.807) is 0 Å². The van der Waals surface area contributed by atoms with Crippen LogP contribution in [-0.2, 0) is 0 Å². The predicted molar refractivity (Wildman–Crippen MR) is 244 cm³/mol. The zero-order valence-electron chi connectivity index (χ0n) is 35.6. The van der Waals surface area contributed by atoms with Crippen LogP contribution in [0.1, 0.15) is 255 Å². The molecule has 0 aromatic carbocycles. The summed E-state index contributed by atoms with van der Waals surface area (Å²) in [6.45, 7) is 22.5. The third-order valence-corrected chi connectivity index (χ3v) is 22.0. The molecule has 0 N–H and O–H groups in total. The van der Waals surface area contributed by atoms with Crippen LogP contribution < -0.4 is 0 Å². The summed E-state index contributed by atoms with van der Waals surface area (Å²) in [5.41, 5.74) is 0. The Labute approximate surface area is 321 Å². The van der Waals surface area contributed by atoms with Crippen LogP contribution in [0.25, 0.3) is 0 Å². The predicted octanol–water partition coefficient (Wildman–Crippen LogP) is 17.9. The lowest BCUT2D eigenvalue weighted by atomic mass is 9.93. The first-order valence-corrected chi connectivity index (χ1v) is 25.7. The van der Waals surface area contributed by atoms with Crippen molar-refractivity contribution in [2.75, 3.05) is 0 Å². The topological polar surface area (TPSA) is 0 Å². The average molecular weight is 761 g/mol. The minimum absolute atomic E-state index is 0.323. The minimum atomic E-state index is -0.362. The maximum Gasteiger partial charge on any atom is 0.00910 e. The zero-order chi connectivity index (χ0) is 37.0. The van der Waals surface area contributed by atoms with Crippen molar-refractivity contribution in [2.24, 2.45) is 17.8 Å². The van der Waals surface area contributed by atoms with Crippen molar-refractivity contribution in [3.63, 3.8) is 0 Å². The van der Waals surface area contributed by atoms with E-state index in [9.17, 15) is 0 Å². The van der Waals surface area contributed by atoms with Crippen LogP contribution >= 0.6 is 35.6 Å². The van der Waals surface area contributed by atoms with E-state index in [1.807, 2.05) is 0 Å². The molecule has 0 radical (unpaired) electrons. The van der Waals surface area contributed by atoms with Gasteiger partial charge in [0.2, 0.25) is 0 Å². The van der Waals surface area contributed by atoms with E-state index < -0.39 is 0 Å². The molecule has 0 heterocycles. The molecular weight excluding hydrogens is 664 g/mol. The maximum atomic E-state index is 3.83. The van der Waals surface area contributed by atoms with E-state index in [1.165, 1.54) is 193 Å². The molecule has 9 unspecified atom stereocenters. The summed E-state index contributed by atoms with van der Waals surface area (Å²) in [5.74, 6) is 2.27. The lowest BCUT2D eigenvalue weighted by molar-refractivity contribution is 0.360. The van der Waals surface area contributed by atoms with Gasteiger partial charge in [-0.05, 0) is 56.3 Å². The van der Waals surface area contributed by atoms with Crippen molar-refractivity contribution in [3.8, 4) is 0 Å². The molecular formula is C45H96P4. The van der Waals surface area contributed by atoms with Gasteiger partial charge in [0.15, 0.2) is 0 Å². The van der Waals surface area contributed by atoms with E-state index in [4.69, 9.17) is 0 Å². The minimum Gasteiger partial charge on any atom is -0.126 e. The molecule has 0 aromatic heterocycles. The van der Waals surface area contributed by atoms with Gasteiger partial charge < -0.3 is 0 Å². The fourth-order valence-electron chi connectivity index (χ4n) is 8.79. The third-order valence-electron chi connectivity index (χ3n) is 12.6. The lowest BCUT2D eigenvalue weighted by Crippen LogP contribution is -2.48. The molecule has 0 saturated heterocycles. The van der Waals surface area contributed by atoms with Crippen LogP contribution in [0, 0.1) is 17.8 Å². The van der Waals surface area contributed by atoms with Crippen molar-refractivity contribution in [1.82, 2.24) is 0 Å². The zero-order valence-corrected chi connectivity index (χ0v) is 40.0. The number of hydrogen-bond acceptors (Lipinski definition) is 0. The van der Waals surface area contributed by atoms with Crippen LogP contribution in [0.3, 0.4) is 0 Å². The molecule has 0 amide bonds. The highest BCUT2D eigenvalue weighted by atomic mass is 31.2. The Bertz CT molecular complexity index is 634. The summed E-state index contributed by atoms with van der Waals surface area (Å²) in [7, 11) is 11.1. The second-order valence-electron chi connectivity index (χ2n) is 17.0. The number of unbranched alkanes of at least 4 members (excludes halogenated alkanes) is 18. The SMILES string of the molecule is CCCCCCC(C)C(P)(CCCCCC)P(C(P)(CCCCCC)C(C)CCCCCC)C(P)(CCCCCC)C(C)CCCCCC. The highest BCUT2D eigenvalue weighted by Gasteiger charge is 2.58. The Balaban J connectivity index is 7.46. The second-order valence-corrected chi connectivity index (χ2v) is 24.7. The summed E-state index contributed by atoms with van der Waals surface area (Å²) in [4.78, 5) is 0.969. The van der Waals surface area contributed by atoms with Crippen LogP contribution in [0.5, 0.6) is 0 Å². The van der Waals surface area contributed by atoms with Crippen LogP contribution in [0.4, 0.5) is 0 Å². The van der Waals surface area contributed by atoms with Crippen molar-refractivity contribution >= 4 is 35.6 Å². The molecule has 296 valence electrons. The van der Waals surface area contributed by atoms with E-state index >= 15 is 0 Å². The molecule has 0 aromatic rings. The molecule has 0 rings (SSSR count). The molecule has 0 spiro atoms. The van der Waals surface area contributed by atoms with Gasteiger partial charge in [0.05, 0.1) is 0 Å². The first-order valence-electron chi connectivity index (χ1n) is 22.7. The summed E-state index contributed by atoms with van der Waals surface area (Å²) in [6, 6.07) is 0. The smallest absolute Gasteiger partial charge is 0.00910 e. The monoisotopic (exact) mass is 761 g/mol. The Hall–Kier alpha value is 1.72. The molecule has 0 fully saturated rings. The van der Waals surface area contributed by atoms with E-state index in [-0.39, 0.29) is 7.92 Å². The van der Waals surface area contributed by atoms with Gasteiger partial charge in [0.25, 0.3) is 0 Å². The molecule has 0 saturated carbocycles. The van der Waals surface area contributed by atoms with Gasteiger partial charge in [-0.15, -0.1) is 27.7 Å².